The van der Waals surface area contributed by atoms with E-state index in [4.69, 9.17) is 9.47 Å². The molecule has 70 valence electrons. The topological polar surface area (TPSA) is 30.5 Å². The van der Waals surface area contributed by atoms with Gasteiger partial charge in [-0.05, 0) is 19.2 Å². The molecule has 0 spiro atoms. The van der Waals surface area contributed by atoms with Crippen molar-refractivity contribution in [1.82, 2.24) is 5.32 Å². The first-order chi connectivity index (χ1) is 6.35. The van der Waals surface area contributed by atoms with Gasteiger partial charge in [0.05, 0.1) is 13.2 Å². The zero-order chi connectivity index (χ0) is 9.26. The van der Waals surface area contributed by atoms with Crippen LogP contribution in [0.25, 0.3) is 0 Å². The minimum absolute atomic E-state index is 0.320. The van der Waals surface area contributed by atoms with Gasteiger partial charge in [0.1, 0.15) is 18.1 Å². The smallest absolute Gasteiger partial charge is 0.127 e. The number of fused-ring (bicyclic) bond motifs is 1. The highest BCUT2D eigenvalue weighted by Gasteiger charge is 2.22. The molecule has 1 N–H and O–H groups in total. The van der Waals surface area contributed by atoms with Crippen LogP contribution in [0.3, 0.4) is 0 Å². The highest BCUT2D eigenvalue weighted by atomic mass is 16.5. The van der Waals surface area contributed by atoms with Crippen LogP contribution in [0.2, 0.25) is 0 Å². The first-order valence-electron chi connectivity index (χ1n) is 4.33. The fourth-order valence-corrected chi connectivity index (χ4v) is 1.56. The van der Waals surface area contributed by atoms with Crippen molar-refractivity contribution >= 4 is 0 Å². The first kappa shape index (κ1) is 8.38. The minimum atomic E-state index is 0.320. The third kappa shape index (κ3) is 1.35. The molecule has 1 aliphatic rings. The largest absolute Gasteiger partial charge is 0.497 e. The summed E-state index contributed by atoms with van der Waals surface area (Å²) in [5, 5.41) is 3.19. The van der Waals surface area contributed by atoms with Gasteiger partial charge in [0.2, 0.25) is 0 Å². The molecule has 0 saturated heterocycles. The van der Waals surface area contributed by atoms with Gasteiger partial charge in [-0.1, -0.05) is 0 Å². The molecule has 0 unspecified atom stereocenters. The van der Waals surface area contributed by atoms with Crippen molar-refractivity contribution in [3.05, 3.63) is 23.8 Å². The molecular formula is C10H13NO2. The zero-order valence-electron chi connectivity index (χ0n) is 7.83. The summed E-state index contributed by atoms with van der Waals surface area (Å²) < 4.78 is 10.6. The summed E-state index contributed by atoms with van der Waals surface area (Å²) in [6, 6.07) is 6.24. The molecule has 3 heteroatoms. The molecule has 0 amide bonds. The van der Waals surface area contributed by atoms with Crippen molar-refractivity contribution in [2.45, 2.75) is 6.04 Å². The van der Waals surface area contributed by atoms with Crippen molar-refractivity contribution in [2.24, 2.45) is 0 Å². The summed E-state index contributed by atoms with van der Waals surface area (Å²) >= 11 is 0. The van der Waals surface area contributed by atoms with Crippen LogP contribution in [0.4, 0.5) is 0 Å². The summed E-state index contributed by atoms with van der Waals surface area (Å²) in [7, 11) is 3.60. The lowest BCUT2D eigenvalue weighted by Crippen LogP contribution is -2.16. The standard InChI is InChI=1S/C10H13NO2/c1-11-9-6-13-10-5-7(12-2)3-4-8(9)10/h3-5,9,11H,6H2,1-2H3/t9-/m1/s1. The van der Waals surface area contributed by atoms with E-state index in [0.717, 1.165) is 11.5 Å². The highest BCUT2D eigenvalue weighted by molar-refractivity contribution is 5.44. The molecule has 0 aliphatic carbocycles. The van der Waals surface area contributed by atoms with Gasteiger partial charge in [0, 0.05) is 11.6 Å². The van der Waals surface area contributed by atoms with E-state index in [9.17, 15) is 0 Å². The molecule has 0 saturated carbocycles. The van der Waals surface area contributed by atoms with Crippen molar-refractivity contribution in [3.8, 4) is 11.5 Å². The van der Waals surface area contributed by atoms with E-state index in [1.807, 2.05) is 25.2 Å². The van der Waals surface area contributed by atoms with Crippen LogP contribution in [-0.2, 0) is 0 Å². The number of ether oxygens (including phenoxy) is 2. The average Bonchev–Trinajstić information content (AvgIpc) is 2.59. The van der Waals surface area contributed by atoms with E-state index in [0.29, 0.717) is 12.6 Å². The Morgan fingerprint density at radius 3 is 3.08 bits per heavy atom. The number of likely N-dealkylation sites (N-methyl/N-ethyl adjacent to an activating group) is 1. The lowest BCUT2D eigenvalue weighted by atomic mass is 10.1. The minimum Gasteiger partial charge on any atom is -0.497 e. The van der Waals surface area contributed by atoms with Crippen molar-refractivity contribution in [3.63, 3.8) is 0 Å². The second-order valence-electron chi connectivity index (χ2n) is 3.06. The summed E-state index contributed by atoms with van der Waals surface area (Å²) in [4.78, 5) is 0. The summed E-state index contributed by atoms with van der Waals surface area (Å²) in [6.45, 7) is 0.707. The Bertz CT molecular complexity index is 312. The predicted octanol–water partition coefficient (Wildman–Crippen LogP) is 1.35. The first-order valence-corrected chi connectivity index (χ1v) is 4.33. The fourth-order valence-electron chi connectivity index (χ4n) is 1.56. The van der Waals surface area contributed by atoms with E-state index in [1.54, 1.807) is 7.11 Å². The molecule has 1 heterocycles. The van der Waals surface area contributed by atoms with Gasteiger partial charge < -0.3 is 14.8 Å². The van der Waals surface area contributed by atoms with Gasteiger partial charge >= 0.3 is 0 Å². The second kappa shape index (κ2) is 3.26. The van der Waals surface area contributed by atoms with Gasteiger partial charge in [-0.2, -0.15) is 0 Å². The molecule has 13 heavy (non-hydrogen) atoms. The van der Waals surface area contributed by atoms with Gasteiger partial charge in [-0.15, -0.1) is 0 Å². The quantitative estimate of drug-likeness (QED) is 0.743. The van der Waals surface area contributed by atoms with Crippen LogP contribution >= 0.6 is 0 Å². The van der Waals surface area contributed by atoms with Crippen molar-refractivity contribution < 1.29 is 9.47 Å². The second-order valence-corrected chi connectivity index (χ2v) is 3.06. The van der Waals surface area contributed by atoms with E-state index in [-0.39, 0.29) is 0 Å². The van der Waals surface area contributed by atoms with Crippen LogP contribution in [-0.4, -0.2) is 20.8 Å². The number of hydrogen-bond acceptors (Lipinski definition) is 3. The Kier molecular flexibility index (Phi) is 2.10. The molecule has 0 aromatic heterocycles. The maximum atomic E-state index is 5.50. The SMILES string of the molecule is CN[C@@H]1COc2cc(OC)ccc21. The van der Waals surface area contributed by atoms with E-state index < -0.39 is 0 Å². The normalized spacial score (nSPS) is 19.4. The number of hydrogen-bond donors (Lipinski definition) is 1. The van der Waals surface area contributed by atoms with Gasteiger partial charge in [0.15, 0.2) is 0 Å². The number of benzene rings is 1. The van der Waals surface area contributed by atoms with Crippen LogP contribution in [0.1, 0.15) is 11.6 Å². The highest BCUT2D eigenvalue weighted by Crippen LogP contribution is 2.34. The Hall–Kier alpha value is -1.22. The molecular weight excluding hydrogens is 166 g/mol. The maximum Gasteiger partial charge on any atom is 0.127 e. The third-order valence-corrected chi connectivity index (χ3v) is 2.35. The molecule has 3 nitrogen and oxygen atoms in total. The van der Waals surface area contributed by atoms with Crippen molar-refractivity contribution in [2.75, 3.05) is 20.8 Å². The van der Waals surface area contributed by atoms with E-state index >= 15 is 0 Å². The van der Waals surface area contributed by atoms with Crippen LogP contribution < -0.4 is 14.8 Å². The summed E-state index contributed by atoms with van der Waals surface area (Å²) in [5.74, 6) is 1.77. The molecule has 0 fully saturated rings. The monoisotopic (exact) mass is 179 g/mol. The number of methoxy groups -OCH3 is 1. The molecule has 1 atom stereocenters. The average molecular weight is 179 g/mol. The Morgan fingerprint density at radius 1 is 1.54 bits per heavy atom. The molecule has 0 radical (unpaired) electrons. The predicted molar refractivity (Wildman–Crippen MR) is 50.3 cm³/mol. The molecule has 1 aromatic rings. The maximum absolute atomic E-state index is 5.50. The lowest BCUT2D eigenvalue weighted by Gasteiger charge is -2.06. The van der Waals surface area contributed by atoms with E-state index in [1.165, 1.54) is 5.56 Å². The van der Waals surface area contributed by atoms with Crippen LogP contribution in [0.5, 0.6) is 11.5 Å². The van der Waals surface area contributed by atoms with Gasteiger partial charge in [0.25, 0.3) is 0 Å². The van der Waals surface area contributed by atoms with Crippen LogP contribution in [0, 0.1) is 0 Å². The zero-order valence-corrected chi connectivity index (χ0v) is 7.83. The number of rotatable bonds is 2. The Morgan fingerprint density at radius 2 is 2.38 bits per heavy atom. The summed E-state index contributed by atoms with van der Waals surface area (Å²) in [5.41, 5.74) is 1.21. The van der Waals surface area contributed by atoms with Crippen molar-refractivity contribution in [1.29, 1.82) is 0 Å². The van der Waals surface area contributed by atoms with E-state index in [2.05, 4.69) is 5.32 Å². The Balaban J connectivity index is 2.34. The third-order valence-electron chi connectivity index (χ3n) is 2.35. The Labute approximate surface area is 77.7 Å². The number of nitrogens with one attached hydrogen (secondary N) is 1. The van der Waals surface area contributed by atoms with Gasteiger partial charge in [-0.3, -0.25) is 0 Å². The lowest BCUT2D eigenvalue weighted by molar-refractivity contribution is 0.316. The molecule has 0 bridgehead atoms. The fraction of sp³-hybridized carbons (Fsp3) is 0.400. The summed E-state index contributed by atoms with van der Waals surface area (Å²) in [6.07, 6.45) is 0. The molecule has 1 aliphatic heterocycles. The van der Waals surface area contributed by atoms with Gasteiger partial charge in [-0.25, -0.2) is 0 Å². The molecule has 2 rings (SSSR count). The molecule has 1 aromatic carbocycles. The van der Waals surface area contributed by atoms with Crippen LogP contribution in [0.15, 0.2) is 18.2 Å².